The highest BCUT2D eigenvalue weighted by molar-refractivity contribution is 6.16. The maximum atomic E-state index is 9.60. The van der Waals surface area contributed by atoms with Crippen LogP contribution in [0, 0.1) is 16.7 Å². The number of nitrogens with zero attached hydrogens (tertiary/aromatic N) is 2. The zero-order chi connectivity index (χ0) is 15.1. The smallest absolute Gasteiger partial charge is 0.151 e. The summed E-state index contributed by atoms with van der Waals surface area (Å²) in [5.41, 5.74) is 4.37. The molecule has 1 aliphatic rings. The molecule has 0 aliphatic carbocycles. The largest absolute Gasteiger partial charge is 0.338 e. The van der Waals surface area contributed by atoms with Gasteiger partial charge in [-0.2, -0.15) is 5.26 Å². The van der Waals surface area contributed by atoms with E-state index in [4.69, 9.17) is 5.41 Å². The molecule has 3 N–H and O–H groups in total. The monoisotopic (exact) mass is 285 g/mol. The second-order valence-electron chi connectivity index (χ2n) is 5.01. The number of nitrogens with one attached hydrogen (secondary N) is 3. The molecule has 4 rings (SSSR count). The summed E-state index contributed by atoms with van der Waals surface area (Å²) in [6.45, 7) is 0. The molecule has 0 saturated carbocycles. The lowest BCUT2D eigenvalue weighted by Gasteiger charge is -2.02. The molecule has 2 aromatic carbocycles. The number of hydrogen-bond donors (Lipinski definition) is 3. The fourth-order valence-corrected chi connectivity index (χ4v) is 2.67. The van der Waals surface area contributed by atoms with Crippen LogP contribution < -0.4 is 5.32 Å². The minimum atomic E-state index is 0.300. The van der Waals surface area contributed by atoms with Gasteiger partial charge in [0.05, 0.1) is 16.7 Å². The van der Waals surface area contributed by atoms with Crippen LogP contribution in [0.4, 0.5) is 0 Å². The SMILES string of the molecule is N#CC(=C1NC(=N)c2ccccc21)c1nc2ccccc2[nH]1. The van der Waals surface area contributed by atoms with E-state index in [-0.39, 0.29) is 0 Å². The van der Waals surface area contributed by atoms with Crippen molar-refractivity contribution >= 4 is 28.1 Å². The van der Waals surface area contributed by atoms with Crippen LogP contribution in [0.5, 0.6) is 0 Å². The summed E-state index contributed by atoms with van der Waals surface area (Å²) in [4.78, 5) is 7.65. The van der Waals surface area contributed by atoms with E-state index in [1.165, 1.54) is 0 Å². The van der Waals surface area contributed by atoms with Crippen LogP contribution in [0.3, 0.4) is 0 Å². The van der Waals surface area contributed by atoms with Crippen molar-refractivity contribution in [3.8, 4) is 6.07 Å². The Balaban J connectivity index is 1.96. The van der Waals surface area contributed by atoms with Gasteiger partial charge in [0.25, 0.3) is 0 Å². The standard InChI is InChI=1S/C17H11N5/c18-9-12(17-20-13-7-3-4-8-14(13)21-17)15-10-5-1-2-6-11(10)16(19)22-15/h1-8H,(H2,19,22)(H,20,21). The minimum Gasteiger partial charge on any atom is -0.338 e. The molecule has 0 atom stereocenters. The fraction of sp³-hybridized carbons (Fsp3) is 0. The summed E-state index contributed by atoms with van der Waals surface area (Å²) in [6.07, 6.45) is 0. The number of para-hydroxylation sites is 2. The Morgan fingerprint density at radius 2 is 1.77 bits per heavy atom. The lowest BCUT2D eigenvalue weighted by Crippen LogP contribution is -2.13. The maximum absolute atomic E-state index is 9.60. The van der Waals surface area contributed by atoms with Gasteiger partial charge in [-0.3, -0.25) is 5.41 Å². The van der Waals surface area contributed by atoms with E-state index in [1.807, 2.05) is 48.5 Å². The summed E-state index contributed by atoms with van der Waals surface area (Å²) < 4.78 is 0. The van der Waals surface area contributed by atoms with E-state index in [2.05, 4.69) is 21.4 Å². The normalized spacial score (nSPS) is 15.3. The average molecular weight is 285 g/mol. The first-order chi connectivity index (χ1) is 10.8. The fourth-order valence-electron chi connectivity index (χ4n) is 2.67. The van der Waals surface area contributed by atoms with Gasteiger partial charge in [0.2, 0.25) is 0 Å². The van der Waals surface area contributed by atoms with Crippen molar-refractivity contribution in [1.29, 1.82) is 10.7 Å². The number of benzene rings is 2. The molecule has 0 bridgehead atoms. The van der Waals surface area contributed by atoms with Gasteiger partial charge >= 0.3 is 0 Å². The van der Waals surface area contributed by atoms with Crippen molar-refractivity contribution < 1.29 is 0 Å². The molecule has 104 valence electrons. The minimum absolute atomic E-state index is 0.300. The number of imidazole rings is 1. The number of aromatic amines is 1. The molecule has 5 heteroatoms. The van der Waals surface area contributed by atoms with Crippen LogP contribution in [0.2, 0.25) is 0 Å². The highest BCUT2D eigenvalue weighted by atomic mass is 15.0. The van der Waals surface area contributed by atoms with Crippen molar-refractivity contribution in [2.75, 3.05) is 0 Å². The molecular formula is C17H11N5. The Morgan fingerprint density at radius 1 is 1.05 bits per heavy atom. The molecular weight excluding hydrogens is 274 g/mol. The van der Waals surface area contributed by atoms with Gasteiger partial charge in [0.1, 0.15) is 17.5 Å². The molecule has 0 saturated heterocycles. The van der Waals surface area contributed by atoms with Crippen LogP contribution in [-0.4, -0.2) is 15.8 Å². The predicted molar refractivity (Wildman–Crippen MR) is 84.9 cm³/mol. The summed E-state index contributed by atoms with van der Waals surface area (Å²) >= 11 is 0. The van der Waals surface area contributed by atoms with Gasteiger partial charge in [-0.25, -0.2) is 4.98 Å². The number of fused-ring (bicyclic) bond motifs is 2. The zero-order valence-corrected chi connectivity index (χ0v) is 11.5. The van der Waals surface area contributed by atoms with Crippen LogP contribution in [0.1, 0.15) is 17.0 Å². The maximum Gasteiger partial charge on any atom is 0.151 e. The van der Waals surface area contributed by atoms with Crippen LogP contribution in [0.25, 0.3) is 22.3 Å². The average Bonchev–Trinajstić information content (AvgIpc) is 3.11. The highest BCUT2D eigenvalue weighted by Gasteiger charge is 2.25. The first-order valence-corrected chi connectivity index (χ1v) is 6.83. The second-order valence-corrected chi connectivity index (χ2v) is 5.01. The van der Waals surface area contributed by atoms with Crippen LogP contribution in [-0.2, 0) is 0 Å². The van der Waals surface area contributed by atoms with E-state index in [0.717, 1.165) is 22.2 Å². The number of rotatable bonds is 1. The third-order valence-corrected chi connectivity index (χ3v) is 3.70. The summed E-state index contributed by atoms with van der Waals surface area (Å²) in [7, 11) is 0. The van der Waals surface area contributed by atoms with Crippen molar-refractivity contribution in [2.45, 2.75) is 0 Å². The first kappa shape index (κ1) is 12.4. The molecule has 0 radical (unpaired) electrons. The van der Waals surface area contributed by atoms with Crippen molar-refractivity contribution in [2.24, 2.45) is 0 Å². The van der Waals surface area contributed by atoms with Gasteiger partial charge in [0.15, 0.2) is 5.82 Å². The Hall–Kier alpha value is -3.39. The van der Waals surface area contributed by atoms with Gasteiger partial charge in [-0.05, 0) is 12.1 Å². The lowest BCUT2D eigenvalue weighted by atomic mass is 10.0. The van der Waals surface area contributed by atoms with Gasteiger partial charge in [-0.1, -0.05) is 36.4 Å². The Morgan fingerprint density at radius 3 is 2.55 bits per heavy atom. The third kappa shape index (κ3) is 1.71. The third-order valence-electron chi connectivity index (χ3n) is 3.70. The number of H-pyrrole nitrogens is 1. The molecule has 3 aromatic rings. The first-order valence-electron chi connectivity index (χ1n) is 6.83. The lowest BCUT2D eigenvalue weighted by molar-refractivity contribution is 1.25. The van der Waals surface area contributed by atoms with Gasteiger partial charge < -0.3 is 10.3 Å². The number of aromatic nitrogens is 2. The van der Waals surface area contributed by atoms with E-state index >= 15 is 0 Å². The molecule has 2 heterocycles. The van der Waals surface area contributed by atoms with E-state index in [9.17, 15) is 5.26 Å². The summed E-state index contributed by atoms with van der Waals surface area (Å²) in [6, 6.07) is 17.4. The Kier molecular flexibility index (Phi) is 2.57. The molecule has 0 spiro atoms. The Bertz CT molecular complexity index is 954. The van der Waals surface area contributed by atoms with Crippen molar-refractivity contribution in [3.05, 3.63) is 65.5 Å². The van der Waals surface area contributed by atoms with Crippen LogP contribution in [0.15, 0.2) is 48.5 Å². The molecule has 0 unspecified atom stereocenters. The molecule has 1 aliphatic heterocycles. The number of allylic oxidation sites excluding steroid dienone is 1. The Labute approximate surface area is 126 Å². The molecule has 5 nitrogen and oxygen atoms in total. The molecule has 1 aromatic heterocycles. The van der Waals surface area contributed by atoms with Gasteiger partial charge in [-0.15, -0.1) is 0 Å². The molecule has 22 heavy (non-hydrogen) atoms. The number of hydrogen-bond acceptors (Lipinski definition) is 3. The number of amidine groups is 1. The molecule has 0 fully saturated rings. The highest BCUT2D eigenvalue weighted by Crippen LogP contribution is 2.30. The van der Waals surface area contributed by atoms with Gasteiger partial charge in [0, 0.05) is 11.1 Å². The summed E-state index contributed by atoms with van der Waals surface area (Å²) in [5, 5.41) is 20.6. The van der Waals surface area contributed by atoms with E-state index in [1.54, 1.807) is 0 Å². The van der Waals surface area contributed by atoms with Crippen LogP contribution >= 0.6 is 0 Å². The second kappa shape index (κ2) is 4.57. The quantitative estimate of drug-likeness (QED) is 0.601. The van der Waals surface area contributed by atoms with E-state index in [0.29, 0.717) is 22.9 Å². The number of nitriles is 1. The molecule has 0 amide bonds. The van der Waals surface area contributed by atoms with Crippen molar-refractivity contribution in [1.82, 2.24) is 15.3 Å². The predicted octanol–water partition coefficient (Wildman–Crippen LogP) is 2.88. The van der Waals surface area contributed by atoms with Crippen molar-refractivity contribution in [3.63, 3.8) is 0 Å². The summed E-state index contributed by atoms with van der Waals surface area (Å²) in [5.74, 6) is 0.810. The topological polar surface area (TPSA) is 88.3 Å². The zero-order valence-electron chi connectivity index (χ0n) is 11.5. The van der Waals surface area contributed by atoms with E-state index < -0.39 is 0 Å².